The number of hydrogen-bond acceptors (Lipinski definition) is 4. The van der Waals surface area contributed by atoms with E-state index in [1.807, 2.05) is 6.07 Å². The smallest absolute Gasteiger partial charge is 0.227 e. The Morgan fingerprint density at radius 3 is 2.80 bits per heavy atom. The van der Waals surface area contributed by atoms with Crippen molar-refractivity contribution in [2.45, 2.75) is 24.4 Å². The minimum atomic E-state index is -3.29. The van der Waals surface area contributed by atoms with Crippen molar-refractivity contribution in [3.63, 3.8) is 0 Å². The van der Waals surface area contributed by atoms with Crippen LogP contribution in [0.25, 0.3) is 0 Å². The molecule has 0 N–H and O–H groups in total. The van der Waals surface area contributed by atoms with Gasteiger partial charge in [0, 0.05) is 25.9 Å². The zero-order valence-electron chi connectivity index (χ0n) is 8.55. The van der Waals surface area contributed by atoms with E-state index in [0.717, 1.165) is 0 Å². The monoisotopic (exact) mass is 227 g/mol. The summed E-state index contributed by atoms with van der Waals surface area (Å²) in [7, 11) is -1.64. The Hall–Kier alpha value is -1.35. The molecule has 1 heterocycles. The van der Waals surface area contributed by atoms with Gasteiger partial charge in [-0.15, -0.1) is 0 Å². The molecule has 15 heavy (non-hydrogen) atoms. The van der Waals surface area contributed by atoms with Crippen molar-refractivity contribution in [1.29, 1.82) is 5.26 Å². The Kier molecular flexibility index (Phi) is 3.86. The molecular formula is C9H13N3O2S. The summed E-state index contributed by atoms with van der Waals surface area (Å²) < 4.78 is 24.9. The van der Waals surface area contributed by atoms with Gasteiger partial charge in [0.1, 0.15) is 0 Å². The SMILES string of the molecule is Cn1ccnc1S(=O)(=O)CCCCC#N. The van der Waals surface area contributed by atoms with E-state index in [0.29, 0.717) is 19.3 Å². The van der Waals surface area contributed by atoms with Crippen LogP contribution in [0.2, 0.25) is 0 Å². The predicted molar refractivity (Wildman–Crippen MR) is 54.7 cm³/mol. The summed E-state index contributed by atoms with van der Waals surface area (Å²) in [4.78, 5) is 3.80. The van der Waals surface area contributed by atoms with E-state index >= 15 is 0 Å². The molecule has 0 bridgehead atoms. The Morgan fingerprint density at radius 2 is 2.27 bits per heavy atom. The van der Waals surface area contributed by atoms with E-state index in [1.54, 1.807) is 13.2 Å². The second kappa shape index (κ2) is 4.94. The Labute approximate surface area is 89.3 Å². The van der Waals surface area contributed by atoms with Gasteiger partial charge in [-0.2, -0.15) is 5.26 Å². The summed E-state index contributed by atoms with van der Waals surface area (Å²) in [5.74, 6) is 0.0551. The number of nitriles is 1. The van der Waals surface area contributed by atoms with Gasteiger partial charge in [0.05, 0.1) is 11.8 Å². The predicted octanol–water partition coefficient (Wildman–Crippen LogP) is 0.888. The van der Waals surface area contributed by atoms with E-state index in [1.165, 1.54) is 10.8 Å². The maximum atomic E-state index is 11.7. The van der Waals surface area contributed by atoms with E-state index in [-0.39, 0.29) is 10.9 Å². The molecule has 5 nitrogen and oxygen atoms in total. The number of sulfone groups is 1. The van der Waals surface area contributed by atoms with Gasteiger partial charge in [0.15, 0.2) is 0 Å². The molecule has 0 saturated carbocycles. The summed E-state index contributed by atoms with van der Waals surface area (Å²) in [6.45, 7) is 0. The van der Waals surface area contributed by atoms with Crippen molar-refractivity contribution in [3.05, 3.63) is 12.4 Å². The molecule has 0 radical (unpaired) electrons. The van der Waals surface area contributed by atoms with Crippen LogP contribution in [0, 0.1) is 11.3 Å². The van der Waals surface area contributed by atoms with Crippen LogP contribution in [0.5, 0.6) is 0 Å². The minimum Gasteiger partial charge on any atom is -0.325 e. The van der Waals surface area contributed by atoms with Crippen molar-refractivity contribution in [1.82, 2.24) is 9.55 Å². The molecule has 0 aliphatic heterocycles. The minimum absolute atomic E-state index is 0.0551. The second-order valence-corrected chi connectivity index (χ2v) is 5.26. The summed E-state index contributed by atoms with van der Waals surface area (Å²) in [5, 5.41) is 8.40. The average molecular weight is 227 g/mol. The van der Waals surface area contributed by atoms with Gasteiger partial charge < -0.3 is 4.57 Å². The first-order chi connectivity index (χ1) is 7.08. The fourth-order valence-electron chi connectivity index (χ4n) is 1.24. The zero-order valence-corrected chi connectivity index (χ0v) is 9.37. The summed E-state index contributed by atoms with van der Waals surface area (Å²) in [6.07, 6.45) is 4.57. The van der Waals surface area contributed by atoms with Crippen LogP contribution < -0.4 is 0 Å². The zero-order chi connectivity index (χ0) is 11.3. The first kappa shape index (κ1) is 11.7. The van der Waals surface area contributed by atoms with Crippen molar-refractivity contribution in [2.75, 3.05) is 5.75 Å². The number of aryl methyl sites for hydroxylation is 1. The van der Waals surface area contributed by atoms with Gasteiger partial charge in [0.25, 0.3) is 0 Å². The number of unbranched alkanes of at least 4 members (excludes halogenated alkanes) is 2. The van der Waals surface area contributed by atoms with Crippen LogP contribution in [0.4, 0.5) is 0 Å². The van der Waals surface area contributed by atoms with E-state index in [4.69, 9.17) is 5.26 Å². The Morgan fingerprint density at radius 1 is 1.53 bits per heavy atom. The van der Waals surface area contributed by atoms with Gasteiger partial charge in [-0.3, -0.25) is 0 Å². The molecule has 0 aromatic carbocycles. The van der Waals surface area contributed by atoms with Crippen LogP contribution in [-0.2, 0) is 16.9 Å². The summed E-state index contributed by atoms with van der Waals surface area (Å²) in [5.41, 5.74) is 0. The number of rotatable bonds is 5. The topological polar surface area (TPSA) is 75.8 Å². The number of nitrogens with zero attached hydrogens (tertiary/aromatic N) is 3. The average Bonchev–Trinajstić information content (AvgIpc) is 2.60. The normalized spacial score (nSPS) is 11.2. The van der Waals surface area contributed by atoms with Crippen LogP contribution in [0.3, 0.4) is 0 Å². The lowest BCUT2D eigenvalue weighted by Gasteiger charge is -2.02. The Balaban J connectivity index is 2.62. The molecule has 0 amide bonds. The molecule has 6 heteroatoms. The molecule has 0 unspecified atom stereocenters. The lowest BCUT2D eigenvalue weighted by atomic mass is 10.3. The molecule has 0 spiro atoms. The Bertz CT molecular complexity index is 456. The maximum Gasteiger partial charge on any atom is 0.227 e. The van der Waals surface area contributed by atoms with E-state index in [2.05, 4.69) is 4.98 Å². The molecule has 0 fully saturated rings. The molecule has 0 aliphatic carbocycles. The number of aromatic nitrogens is 2. The molecule has 0 aliphatic rings. The largest absolute Gasteiger partial charge is 0.325 e. The van der Waals surface area contributed by atoms with Gasteiger partial charge in [-0.25, -0.2) is 13.4 Å². The van der Waals surface area contributed by atoms with Crippen LogP contribution in [-0.4, -0.2) is 23.7 Å². The van der Waals surface area contributed by atoms with Gasteiger partial charge >= 0.3 is 0 Å². The fraction of sp³-hybridized carbons (Fsp3) is 0.556. The lowest BCUT2D eigenvalue weighted by Crippen LogP contribution is -2.12. The molecular weight excluding hydrogens is 214 g/mol. The number of imidazole rings is 1. The van der Waals surface area contributed by atoms with Crippen LogP contribution >= 0.6 is 0 Å². The first-order valence-corrected chi connectivity index (χ1v) is 6.30. The third-order valence-electron chi connectivity index (χ3n) is 2.01. The van der Waals surface area contributed by atoms with Gasteiger partial charge in [-0.1, -0.05) is 0 Å². The molecule has 1 aromatic heterocycles. The first-order valence-electron chi connectivity index (χ1n) is 4.65. The third kappa shape index (κ3) is 3.06. The number of hydrogen-bond donors (Lipinski definition) is 0. The molecule has 82 valence electrons. The van der Waals surface area contributed by atoms with E-state index in [9.17, 15) is 8.42 Å². The lowest BCUT2D eigenvalue weighted by molar-refractivity contribution is 0.575. The molecule has 1 aromatic rings. The van der Waals surface area contributed by atoms with Gasteiger partial charge in [0.2, 0.25) is 15.0 Å². The van der Waals surface area contributed by atoms with E-state index < -0.39 is 9.84 Å². The van der Waals surface area contributed by atoms with Crippen LogP contribution in [0.15, 0.2) is 17.6 Å². The highest BCUT2D eigenvalue weighted by Gasteiger charge is 2.18. The molecule has 0 atom stereocenters. The van der Waals surface area contributed by atoms with Crippen LogP contribution in [0.1, 0.15) is 19.3 Å². The standard InChI is InChI=1S/C9H13N3O2S/c1-12-7-6-11-9(12)15(13,14)8-4-2-3-5-10/h6-7H,2-4,8H2,1H3. The second-order valence-electron chi connectivity index (χ2n) is 3.25. The highest BCUT2D eigenvalue weighted by atomic mass is 32.2. The quantitative estimate of drug-likeness (QED) is 0.700. The maximum absolute atomic E-state index is 11.7. The third-order valence-corrected chi connectivity index (χ3v) is 3.78. The highest BCUT2D eigenvalue weighted by molar-refractivity contribution is 7.91. The fourth-order valence-corrected chi connectivity index (χ4v) is 2.73. The summed E-state index contributed by atoms with van der Waals surface area (Å²) >= 11 is 0. The highest BCUT2D eigenvalue weighted by Crippen LogP contribution is 2.09. The van der Waals surface area contributed by atoms with Crippen molar-refractivity contribution in [3.8, 4) is 6.07 Å². The molecule has 1 rings (SSSR count). The van der Waals surface area contributed by atoms with Crippen molar-refractivity contribution >= 4 is 9.84 Å². The van der Waals surface area contributed by atoms with Gasteiger partial charge in [-0.05, 0) is 12.8 Å². The summed E-state index contributed by atoms with van der Waals surface area (Å²) in [6, 6.07) is 1.98. The molecule has 0 saturated heterocycles. The van der Waals surface area contributed by atoms with Crippen molar-refractivity contribution in [2.24, 2.45) is 7.05 Å². The van der Waals surface area contributed by atoms with Crippen molar-refractivity contribution < 1.29 is 8.42 Å².